The zero-order valence-electron chi connectivity index (χ0n) is 6.00. The van der Waals surface area contributed by atoms with Gasteiger partial charge in [-0.15, -0.1) is 0 Å². The smallest absolute Gasteiger partial charge is 0.158 e. The average Bonchev–Trinajstić information content (AvgIpc) is 2.35. The second kappa shape index (κ2) is 2.23. The number of nitrogens with zero attached hydrogens (tertiary/aromatic N) is 3. The molecule has 0 unspecified atom stereocenters. The number of hydrogen-bond acceptors (Lipinski definition) is 4. The molecule has 1 aliphatic rings. The minimum atomic E-state index is 0.486. The van der Waals surface area contributed by atoms with Crippen LogP contribution in [0.2, 0.25) is 5.15 Å². The third kappa shape index (κ3) is 0.903. The fourth-order valence-electron chi connectivity index (χ4n) is 1.07. The van der Waals surface area contributed by atoms with Gasteiger partial charge in [0.25, 0.3) is 0 Å². The standard InChI is InChI=1S/C6H7ClN4/c1-11-3-10-4-5(7)8-2-9-6(4)11/h2,10H,3H2,1H3. The van der Waals surface area contributed by atoms with Crippen LogP contribution in [0.3, 0.4) is 0 Å². The van der Waals surface area contributed by atoms with Crippen LogP contribution < -0.4 is 10.2 Å². The van der Waals surface area contributed by atoms with Crippen molar-refractivity contribution in [3.8, 4) is 0 Å². The van der Waals surface area contributed by atoms with Crippen LogP contribution in [0.5, 0.6) is 0 Å². The molecule has 0 saturated carbocycles. The van der Waals surface area contributed by atoms with Crippen molar-refractivity contribution in [2.75, 3.05) is 23.9 Å². The summed E-state index contributed by atoms with van der Waals surface area (Å²) in [5.41, 5.74) is 0.830. The third-order valence-corrected chi connectivity index (χ3v) is 1.92. The van der Waals surface area contributed by atoms with Gasteiger partial charge in [0.1, 0.15) is 12.0 Å². The van der Waals surface area contributed by atoms with Crippen LogP contribution in [0.1, 0.15) is 0 Å². The van der Waals surface area contributed by atoms with Gasteiger partial charge in [0.2, 0.25) is 0 Å². The van der Waals surface area contributed by atoms with Crippen molar-refractivity contribution in [2.45, 2.75) is 0 Å². The van der Waals surface area contributed by atoms with Crippen molar-refractivity contribution in [3.05, 3.63) is 11.5 Å². The van der Waals surface area contributed by atoms with E-state index in [2.05, 4.69) is 15.3 Å². The van der Waals surface area contributed by atoms with Gasteiger partial charge in [0.15, 0.2) is 11.0 Å². The Morgan fingerprint density at radius 2 is 2.45 bits per heavy atom. The molecule has 0 bridgehead atoms. The number of aromatic nitrogens is 2. The van der Waals surface area contributed by atoms with Gasteiger partial charge >= 0.3 is 0 Å². The van der Waals surface area contributed by atoms with Gasteiger partial charge in [-0.2, -0.15) is 0 Å². The molecule has 0 atom stereocenters. The predicted molar refractivity (Wildman–Crippen MR) is 43.9 cm³/mol. The fourth-order valence-corrected chi connectivity index (χ4v) is 1.26. The molecule has 11 heavy (non-hydrogen) atoms. The summed E-state index contributed by atoms with van der Waals surface area (Å²) in [6, 6.07) is 0. The lowest BCUT2D eigenvalue weighted by Crippen LogP contribution is -2.16. The van der Waals surface area contributed by atoms with E-state index in [0.29, 0.717) is 5.15 Å². The molecule has 0 spiro atoms. The maximum Gasteiger partial charge on any atom is 0.158 e. The minimum absolute atomic E-state index is 0.486. The van der Waals surface area contributed by atoms with Gasteiger partial charge in [0, 0.05) is 7.05 Å². The van der Waals surface area contributed by atoms with Crippen molar-refractivity contribution in [1.29, 1.82) is 0 Å². The molecule has 2 heterocycles. The number of rotatable bonds is 0. The Hall–Kier alpha value is -1.03. The lowest BCUT2D eigenvalue weighted by Gasteiger charge is -2.06. The summed E-state index contributed by atoms with van der Waals surface area (Å²) in [5, 5.41) is 3.57. The number of anilines is 2. The molecular formula is C6H7ClN4. The SMILES string of the molecule is CN1CNc2c(Cl)ncnc21. The zero-order valence-corrected chi connectivity index (χ0v) is 6.76. The van der Waals surface area contributed by atoms with Crippen LogP contribution in [0.4, 0.5) is 11.5 Å². The molecule has 0 fully saturated rings. The lowest BCUT2D eigenvalue weighted by atomic mass is 10.5. The topological polar surface area (TPSA) is 41.0 Å². The molecule has 0 saturated heterocycles. The van der Waals surface area contributed by atoms with Crippen LogP contribution in [0, 0.1) is 0 Å². The van der Waals surface area contributed by atoms with Crippen LogP contribution >= 0.6 is 11.6 Å². The zero-order chi connectivity index (χ0) is 7.84. The summed E-state index contributed by atoms with van der Waals surface area (Å²) in [6.45, 7) is 0.744. The quantitative estimate of drug-likeness (QED) is 0.589. The van der Waals surface area contributed by atoms with Crippen LogP contribution in [0.25, 0.3) is 0 Å². The molecule has 1 aromatic rings. The molecule has 1 N–H and O–H groups in total. The van der Waals surface area contributed by atoms with Crippen LogP contribution in [-0.2, 0) is 0 Å². The van der Waals surface area contributed by atoms with Crippen molar-refractivity contribution < 1.29 is 0 Å². The largest absolute Gasteiger partial charge is 0.362 e. The second-order valence-corrected chi connectivity index (χ2v) is 2.75. The van der Waals surface area contributed by atoms with Gasteiger partial charge in [-0.05, 0) is 0 Å². The number of fused-ring (bicyclic) bond motifs is 1. The summed E-state index contributed by atoms with van der Waals surface area (Å²) in [4.78, 5) is 9.89. The third-order valence-electron chi connectivity index (χ3n) is 1.64. The van der Waals surface area contributed by atoms with Gasteiger partial charge in [0.05, 0.1) is 6.67 Å². The fraction of sp³-hybridized carbons (Fsp3) is 0.333. The summed E-state index contributed by atoms with van der Waals surface area (Å²) in [5.74, 6) is 0.866. The molecular weight excluding hydrogens is 164 g/mol. The first-order valence-electron chi connectivity index (χ1n) is 3.24. The average molecular weight is 171 g/mol. The van der Waals surface area contributed by atoms with E-state index in [-0.39, 0.29) is 0 Å². The Kier molecular flexibility index (Phi) is 1.35. The van der Waals surface area contributed by atoms with E-state index < -0.39 is 0 Å². The van der Waals surface area contributed by atoms with E-state index in [1.165, 1.54) is 6.33 Å². The van der Waals surface area contributed by atoms with Gasteiger partial charge in [-0.25, -0.2) is 9.97 Å². The van der Waals surface area contributed by atoms with Gasteiger partial charge in [-0.3, -0.25) is 0 Å². The Labute approximate surface area is 69.2 Å². The Bertz CT molecular complexity index is 288. The minimum Gasteiger partial charge on any atom is -0.362 e. The maximum absolute atomic E-state index is 5.79. The molecule has 5 heteroatoms. The first-order chi connectivity index (χ1) is 5.29. The van der Waals surface area contributed by atoms with Crippen LogP contribution in [0.15, 0.2) is 6.33 Å². The highest BCUT2D eigenvalue weighted by Crippen LogP contribution is 2.31. The molecule has 58 valence electrons. The predicted octanol–water partition coefficient (Wildman–Crippen LogP) is 0.949. The summed E-state index contributed by atoms with van der Waals surface area (Å²) in [6.07, 6.45) is 1.46. The number of hydrogen-bond donors (Lipinski definition) is 1. The van der Waals surface area contributed by atoms with E-state index in [1.54, 1.807) is 0 Å². The molecule has 0 radical (unpaired) electrons. The van der Waals surface area contributed by atoms with Crippen LogP contribution in [-0.4, -0.2) is 23.7 Å². The highest BCUT2D eigenvalue weighted by Gasteiger charge is 2.19. The Morgan fingerprint density at radius 1 is 1.64 bits per heavy atom. The monoisotopic (exact) mass is 170 g/mol. The van der Waals surface area contributed by atoms with E-state index >= 15 is 0 Å². The van der Waals surface area contributed by atoms with Crippen molar-refractivity contribution in [2.24, 2.45) is 0 Å². The van der Waals surface area contributed by atoms with Crippen molar-refractivity contribution in [3.63, 3.8) is 0 Å². The summed E-state index contributed by atoms with van der Waals surface area (Å²) in [7, 11) is 1.95. The molecule has 0 amide bonds. The summed E-state index contributed by atoms with van der Waals surface area (Å²) < 4.78 is 0. The molecule has 4 nitrogen and oxygen atoms in total. The molecule has 0 aromatic carbocycles. The molecule has 0 aliphatic carbocycles. The van der Waals surface area contributed by atoms with Crippen molar-refractivity contribution >= 4 is 23.1 Å². The van der Waals surface area contributed by atoms with Crippen molar-refractivity contribution in [1.82, 2.24) is 9.97 Å². The number of nitrogens with one attached hydrogen (secondary N) is 1. The molecule has 1 aliphatic heterocycles. The van der Waals surface area contributed by atoms with E-state index in [0.717, 1.165) is 18.2 Å². The molecule has 2 rings (SSSR count). The normalized spacial score (nSPS) is 14.5. The van der Waals surface area contributed by atoms with Gasteiger partial charge < -0.3 is 10.2 Å². The first-order valence-corrected chi connectivity index (χ1v) is 3.62. The van der Waals surface area contributed by atoms with E-state index in [9.17, 15) is 0 Å². The highest BCUT2D eigenvalue weighted by atomic mass is 35.5. The highest BCUT2D eigenvalue weighted by molar-refractivity contribution is 6.32. The maximum atomic E-state index is 5.79. The Morgan fingerprint density at radius 3 is 3.18 bits per heavy atom. The number of halogens is 1. The van der Waals surface area contributed by atoms with E-state index in [1.807, 2.05) is 11.9 Å². The van der Waals surface area contributed by atoms with E-state index in [4.69, 9.17) is 11.6 Å². The lowest BCUT2D eigenvalue weighted by molar-refractivity contribution is 1.00. The molecule has 1 aromatic heterocycles. The Balaban J connectivity index is 2.57. The first kappa shape index (κ1) is 6.67. The van der Waals surface area contributed by atoms with Gasteiger partial charge in [-0.1, -0.05) is 11.6 Å². The summed E-state index contributed by atoms with van der Waals surface area (Å²) >= 11 is 5.79. The second-order valence-electron chi connectivity index (χ2n) is 2.40.